The lowest BCUT2D eigenvalue weighted by molar-refractivity contribution is -0.134. The predicted octanol–water partition coefficient (Wildman–Crippen LogP) is 4.20. The molecule has 0 aliphatic heterocycles. The fourth-order valence-corrected chi connectivity index (χ4v) is 3.08. The smallest absolute Gasteiger partial charge is 0.244 e. The first-order valence-corrected chi connectivity index (χ1v) is 8.32. The van der Waals surface area contributed by atoms with E-state index in [4.69, 9.17) is 4.84 Å². The third-order valence-corrected chi connectivity index (χ3v) is 4.56. The van der Waals surface area contributed by atoms with Crippen LogP contribution in [0.25, 0.3) is 0 Å². The highest BCUT2D eigenvalue weighted by atomic mass is 32.2. The molecule has 0 fully saturated rings. The largest absolute Gasteiger partial charge is 0.273 e. The third-order valence-electron chi connectivity index (χ3n) is 3.18. The molecule has 3 nitrogen and oxygen atoms in total. The molecular formula is C18H21NO2S. The Balaban J connectivity index is 1.72. The van der Waals surface area contributed by atoms with Crippen molar-refractivity contribution < 1.29 is 9.63 Å². The molecule has 116 valence electrons. The monoisotopic (exact) mass is 315 g/mol. The topological polar surface area (TPSA) is 38.3 Å². The maximum Gasteiger partial charge on any atom is 0.244 e. The van der Waals surface area contributed by atoms with Crippen LogP contribution in [0.3, 0.4) is 0 Å². The molecular weight excluding hydrogens is 294 g/mol. The first-order chi connectivity index (χ1) is 10.8. The minimum Gasteiger partial charge on any atom is -0.273 e. The van der Waals surface area contributed by atoms with Gasteiger partial charge < -0.3 is 0 Å². The Hall–Kier alpha value is -1.78. The Kier molecular flexibility index (Phi) is 7.00. The van der Waals surface area contributed by atoms with E-state index in [1.54, 1.807) is 11.8 Å². The Labute approximate surface area is 136 Å². The number of thioether (sulfide) groups is 1. The zero-order valence-corrected chi connectivity index (χ0v) is 13.5. The van der Waals surface area contributed by atoms with Gasteiger partial charge in [-0.3, -0.25) is 9.63 Å². The highest BCUT2D eigenvalue weighted by Gasteiger charge is 2.13. The van der Waals surface area contributed by atoms with Crippen molar-refractivity contribution in [2.24, 2.45) is 0 Å². The molecule has 0 bridgehead atoms. The van der Waals surface area contributed by atoms with Crippen molar-refractivity contribution in [3.8, 4) is 0 Å². The summed E-state index contributed by atoms with van der Waals surface area (Å²) in [7, 11) is 0. The van der Waals surface area contributed by atoms with Gasteiger partial charge in [-0.1, -0.05) is 55.5 Å². The van der Waals surface area contributed by atoms with Crippen molar-refractivity contribution in [1.29, 1.82) is 0 Å². The van der Waals surface area contributed by atoms with Crippen LogP contribution in [-0.4, -0.2) is 11.2 Å². The average molecular weight is 315 g/mol. The minimum atomic E-state index is -0.0776. The third kappa shape index (κ3) is 5.92. The molecule has 0 saturated heterocycles. The lowest BCUT2D eigenvalue weighted by atomic mass is 10.2. The van der Waals surface area contributed by atoms with Gasteiger partial charge in [0, 0.05) is 16.6 Å². The summed E-state index contributed by atoms with van der Waals surface area (Å²) >= 11 is 1.73. The fourth-order valence-electron chi connectivity index (χ4n) is 1.98. The summed E-state index contributed by atoms with van der Waals surface area (Å²) in [5, 5.41) is 0.253. The molecule has 2 rings (SSSR count). The van der Waals surface area contributed by atoms with E-state index in [1.165, 1.54) is 4.90 Å². The van der Waals surface area contributed by atoms with Gasteiger partial charge in [-0.05, 0) is 24.1 Å². The van der Waals surface area contributed by atoms with Crippen LogP contribution in [0.4, 0.5) is 0 Å². The summed E-state index contributed by atoms with van der Waals surface area (Å²) < 4.78 is 0. The molecule has 2 aromatic carbocycles. The van der Waals surface area contributed by atoms with E-state index in [1.807, 2.05) is 48.5 Å². The van der Waals surface area contributed by atoms with Gasteiger partial charge in [0.25, 0.3) is 0 Å². The molecule has 0 saturated carbocycles. The molecule has 1 atom stereocenters. The summed E-state index contributed by atoms with van der Waals surface area (Å²) in [5.41, 5.74) is 3.57. The number of carbonyl (C=O) groups is 1. The van der Waals surface area contributed by atoms with Gasteiger partial charge in [0.1, 0.15) is 0 Å². The average Bonchev–Trinajstić information content (AvgIpc) is 2.56. The van der Waals surface area contributed by atoms with Gasteiger partial charge >= 0.3 is 0 Å². The standard InChI is InChI=1S/C18H21NO2S/c1-2-16(22-17-11-7-4-8-12-17)13-18(20)19-21-14-15-9-5-3-6-10-15/h3-12,16H,2,13-14H2,1H3,(H,19,20). The molecule has 0 radical (unpaired) electrons. The van der Waals surface area contributed by atoms with Gasteiger partial charge in [-0.25, -0.2) is 5.48 Å². The van der Waals surface area contributed by atoms with E-state index in [9.17, 15) is 4.79 Å². The number of nitrogens with one attached hydrogen (secondary N) is 1. The first-order valence-electron chi connectivity index (χ1n) is 7.44. The number of rotatable bonds is 8. The second kappa shape index (κ2) is 9.28. The van der Waals surface area contributed by atoms with E-state index in [0.717, 1.165) is 12.0 Å². The molecule has 0 spiro atoms. The highest BCUT2D eigenvalue weighted by Crippen LogP contribution is 2.27. The molecule has 4 heteroatoms. The molecule has 1 amide bonds. The van der Waals surface area contributed by atoms with Crippen LogP contribution in [0.2, 0.25) is 0 Å². The SMILES string of the molecule is CCC(CC(=O)NOCc1ccccc1)Sc1ccccc1. The minimum absolute atomic E-state index is 0.0776. The van der Waals surface area contributed by atoms with Crippen LogP contribution in [0.5, 0.6) is 0 Å². The lowest BCUT2D eigenvalue weighted by Gasteiger charge is -2.14. The van der Waals surface area contributed by atoms with Gasteiger partial charge in [0.2, 0.25) is 5.91 Å². The normalized spacial score (nSPS) is 11.9. The van der Waals surface area contributed by atoms with Gasteiger partial charge in [0.05, 0.1) is 6.61 Å². The van der Waals surface area contributed by atoms with E-state index in [0.29, 0.717) is 13.0 Å². The van der Waals surface area contributed by atoms with Crippen LogP contribution in [0.1, 0.15) is 25.3 Å². The van der Waals surface area contributed by atoms with Crippen molar-refractivity contribution in [2.75, 3.05) is 0 Å². The number of hydrogen-bond acceptors (Lipinski definition) is 3. The molecule has 22 heavy (non-hydrogen) atoms. The number of carbonyl (C=O) groups excluding carboxylic acids is 1. The molecule has 0 aliphatic carbocycles. The first kappa shape index (κ1) is 16.6. The number of amides is 1. The zero-order chi connectivity index (χ0) is 15.6. The molecule has 0 heterocycles. The van der Waals surface area contributed by atoms with Crippen molar-refractivity contribution in [3.05, 3.63) is 66.2 Å². The fraction of sp³-hybridized carbons (Fsp3) is 0.278. The maximum atomic E-state index is 11.9. The van der Waals surface area contributed by atoms with Crippen LogP contribution < -0.4 is 5.48 Å². The molecule has 1 N–H and O–H groups in total. The molecule has 1 unspecified atom stereocenters. The van der Waals surface area contributed by atoms with E-state index in [-0.39, 0.29) is 11.2 Å². The number of benzene rings is 2. The van der Waals surface area contributed by atoms with E-state index in [2.05, 4.69) is 24.5 Å². The highest BCUT2D eigenvalue weighted by molar-refractivity contribution is 8.00. The van der Waals surface area contributed by atoms with E-state index < -0.39 is 0 Å². The Morgan fingerprint density at radius 3 is 2.36 bits per heavy atom. The van der Waals surface area contributed by atoms with Crippen molar-refractivity contribution in [3.63, 3.8) is 0 Å². The second-order valence-electron chi connectivity index (χ2n) is 4.96. The van der Waals surface area contributed by atoms with Crippen LogP contribution >= 0.6 is 11.8 Å². The van der Waals surface area contributed by atoms with Crippen molar-refractivity contribution >= 4 is 17.7 Å². The maximum absolute atomic E-state index is 11.9. The Morgan fingerprint density at radius 1 is 1.09 bits per heavy atom. The zero-order valence-electron chi connectivity index (χ0n) is 12.7. The molecule has 0 aliphatic rings. The summed E-state index contributed by atoms with van der Waals surface area (Å²) in [5.74, 6) is -0.0776. The van der Waals surface area contributed by atoms with Gasteiger partial charge in [0.15, 0.2) is 0 Å². The molecule has 0 aromatic heterocycles. The van der Waals surface area contributed by atoms with Gasteiger partial charge in [-0.15, -0.1) is 11.8 Å². The summed E-state index contributed by atoms with van der Waals surface area (Å²) in [4.78, 5) is 18.4. The quantitative estimate of drug-likeness (QED) is 0.586. The number of hydroxylamine groups is 1. The predicted molar refractivity (Wildman–Crippen MR) is 90.4 cm³/mol. The van der Waals surface area contributed by atoms with Crippen LogP contribution in [-0.2, 0) is 16.2 Å². The van der Waals surface area contributed by atoms with Crippen LogP contribution in [0, 0.1) is 0 Å². The van der Waals surface area contributed by atoms with Gasteiger partial charge in [-0.2, -0.15) is 0 Å². The lowest BCUT2D eigenvalue weighted by Crippen LogP contribution is -2.26. The summed E-state index contributed by atoms with van der Waals surface area (Å²) in [6.45, 7) is 2.48. The number of hydrogen-bond donors (Lipinski definition) is 1. The second-order valence-corrected chi connectivity index (χ2v) is 6.34. The Morgan fingerprint density at radius 2 is 1.73 bits per heavy atom. The summed E-state index contributed by atoms with van der Waals surface area (Å²) in [6, 6.07) is 19.9. The summed E-state index contributed by atoms with van der Waals surface area (Å²) in [6.07, 6.45) is 1.39. The Bertz CT molecular complexity index is 560. The molecule has 2 aromatic rings. The van der Waals surface area contributed by atoms with Crippen molar-refractivity contribution in [1.82, 2.24) is 5.48 Å². The van der Waals surface area contributed by atoms with Crippen LogP contribution in [0.15, 0.2) is 65.6 Å². The van der Waals surface area contributed by atoms with E-state index >= 15 is 0 Å². The van der Waals surface area contributed by atoms with Crippen molar-refractivity contribution in [2.45, 2.75) is 36.5 Å².